The van der Waals surface area contributed by atoms with Crippen LogP contribution in [0, 0.1) is 17.3 Å². The van der Waals surface area contributed by atoms with E-state index in [4.69, 9.17) is 11.6 Å². The molecule has 4 aliphatic rings. The minimum atomic E-state index is -0.287. The number of carbonyl (C=O) groups is 1. The lowest BCUT2D eigenvalue weighted by Crippen LogP contribution is -2.57. The summed E-state index contributed by atoms with van der Waals surface area (Å²) in [5.41, 5.74) is 1.54. The van der Waals surface area contributed by atoms with Crippen molar-refractivity contribution in [2.75, 3.05) is 5.32 Å². The van der Waals surface area contributed by atoms with Crippen molar-refractivity contribution < 1.29 is 4.79 Å². The van der Waals surface area contributed by atoms with Crippen LogP contribution in [-0.2, 0) is 4.79 Å². The van der Waals surface area contributed by atoms with E-state index < -0.39 is 0 Å². The number of anilines is 1. The van der Waals surface area contributed by atoms with Crippen LogP contribution in [0.3, 0.4) is 0 Å². The number of carbonyl (C=O) groups excluding carboxylic acids is 1. The van der Waals surface area contributed by atoms with Gasteiger partial charge < -0.3 is 4.98 Å². The first-order valence-electron chi connectivity index (χ1n) is 8.49. The summed E-state index contributed by atoms with van der Waals surface area (Å²) in [5.74, 6) is 1.90. The van der Waals surface area contributed by atoms with E-state index in [9.17, 15) is 4.79 Å². The number of halogens is 1. The Hall–Kier alpha value is -1.55. The minimum Gasteiger partial charge on any atom is -0.324 e. The van der Waals surface area contributed by atoms with E-state index in [1.807, 2.05) is 24.3 Å². The fourth-order valence-corrected chi connectivity index (χ4v) is 6.36. The highest BCUT2D eigenvalue weighted by atomic mass is 35.5. The molecule has 0 radical (unpaired) electrons. The van der Waals surface area contributed by atoms with Crippen molar-refractivity contribution in [2.24, 2.45) is 17.3 Å². The molecule has 0 spiro atoms. The van der Waals surface area contributed by atoms with E-state index in [2.05, 4.69) is 15.3 Å². The Labute approximate surface area is 140 Å². The van der Waals surface area contributed by atoms with Crippen LogP contribution >= 0.6 is 11.6 Å². The predicted molar refractivity (Wildman–Crippen MR) is 90.4 cm³/mol. The summed E-state index contributed by atoms with van der Waals surface area (Å²) >= 11 is 6.83. The molecule has 2 atom stereocenters. The number of rotatable bonds is 2. The van der Waals surface area contributed by atoms with Gasteiger partial charge in [0.15, 0.2) is 0 Å². The maximum absolute atomic E-state index is 13.1. The highest BCUT2D eigenvalue weighted by molar-refractivity contribution is 6.24. The third-order valence-corrected chi connectivity index (χ3v) is 6.53. The van der Waals surface area contributed by atoms with Gasteiger partial charge in [0, 0.05) is 4.87 Å². The van der Waals surface area contributed by atoms with Crippen molar-refractivity contribution in [2.45, 2.75) is 43.4 Å². The molecule has 1 aromatic heterocycles. The number of alkyl halides is 1. The monoisotopic (exact) mass is 329 g/mol. The van der Waals surface area contributed by atoms with Crippen molar-refractivity contribution in [3.63, 3.8) is 0 Å². The van der Waals surface area contributed by atoms with Gasteiger partial charge in [0.2, 0.25) is 11.9 Å². The molecule has 23 heavy (non-hydrogen) atoms. The summed E-state index contributed by atoms with van der Waals surface area (Å²) in [6.45, 7) is 0. The number of benzene rings is 1. The molecule has 4 aliphatic carbocycles. The molecule has 1 heterocycles. The molecule has 4 saturated carbocycles. The van der Waals surface area contributed by atoms with Gasteiger partial charge in [-0.15, -0.1) is 11.6 Å². The number of hydrogen-bond donors (Lipinski definition) is 2. The molecule has 0 saturated heterocycles. The van der Waals surface area contributed by atoms with Gasteiger partial charge in [-0.3, -0.25) is 10.1 Å². The van der Waals surface area contributed by atoms with Gasteiger partial charge in [-0.25, -0.2) is 4.98 Å². The summed E-state index contributed by atoms with van der Waals surface area (Å²) in [6, 6.07) is 7.82. The zero-order chi connectivity index (χ0) is 15.7. The number of aromatic amines is 1. The van der Waals surface area contributed by atoms with E-state index in [0.717, 1.165) is 43.1 Å². The second kappa shape index (κ2) is 4.50. The van der Waals surface area contributed by atoms with Gasteiger partial charge in [0.1, 0.15) is 0 Å². The van der Waals surface area contributed by atoms with Crippen LogP contribution in [-0.4, -0.2) is 20.7 Å². The fourth-order valence-electron chi connectivity index (χ4n) is 5.67. The first kappa shape index (κ1) is 13.8. The lowest BCUT2D eigenvalue weighted by Gasteiger charge is -2.59. The van der Waals surface area contributed by atoms with Crippen molar-refractivity contribution >= 4 is 34.5 Å². The van der Waals surface area contributed by atoms with Crippen molar-refractivity contribution in [3.05, 3.63) is 24.3 Å². The third-order valence-electron chi connectivity index (χ3n) is 6.09. The number of amides is 1. The van der Waals surface area contributed by atoms with Crippen molar-refractivity contribution in [3.8, 4) is 0 Å². The zero-order valence-corrected chi connectivity index (χ0v) is 13.7. The summed E-state index contributed by atoms with van der Waals surface area (Å²) in [4.78, 5) is 20.6. The number of aromatic nitrogens is 2. The maximum Gasteiger partial charge on any atom is 0.232 e. The normalized spacial score (nSPS) is 38.1. The second-order valence-corrected chi connectivity index (χ2v) is 8.75. The second-order valence-electron chi connectivity index (χ2n) is 7.95. The van der Waals surface area contributed by atoms with E-state index in [1.54, 1.807) is 0 Å². The van der Waals surface area contributed by atoms with Crippen LogP contribution in [0.15, 0.2) is 24.3 Å². The van der Waals surface area contributed by atoms with Gasteiger partial charge in [-0.2, -0.15) is 0 Å². The Morgan fingerprint density at radius 2 is 1.96 bits per heavy atom. The zero-order valence-electron chi connectivity index (χ0n) is 12.9. The van der Waals surface area contributed by atoms with Gasteiger partial charge in [-0.1, -0.05) is 12.1 Å². The Kier molecular flexibility index (Phi) is 2.71. The molecule has 120 valence electrons. The molecule has 1 aromatic carbocycles. The van der Waals surface area contributed by atoms with Crippen LogP contribution in [0.4, 0.5) is 5.95 Å². The average molecular weight is 330 g/mol. The maximum atomic E-state index is 13.1. The lowest BCUT2D eigenvalue weighted by atomic mass is 9.49. The summed E-state index contributed by atoms with van der Waals surface area (Å²) in [6.07, 6.45) is 6.23. The van der Waals surface area contributed by atoms with Crippen LogP contribution in [0.2, 0.25) is 0 Å². The molecule has 0 unspecified atom stereocenters. The van der Waals surface area contributed by atoms with E-state index >= 15 is 0 Å². The fraction of sp³-hybridized carbons (Fsp3) is 0.556. The Balaban J connectivity index is 1.44. The number of H-pyrrole nitrogens is 1. The molecule has 4 bridgehead atoms. The molecule has 4 nitrogen and oxygen atoms in total. The number of hydrogen-bond acceptors (Lipinski definition) is 2. The highest BCUT2D eigenvalue weighted by Crippen LogP contribution is 2.64. The van der Waals surface area contributed by atoms with Gasteiger partial charge in [-0.05, 0) is 62.5 Å². The average Bonchev–Trinajstić information content (AvgIpc) is 2.86. The number of nitrogens with zero attached hydrogens (tertiary/aromatic N) is 1. The van der Waals surface area contributed by atoms with Gasteiger partial charge in [0.25, 0.3) is 0 Å². The predicted octanol–water partition coefficient (Wildman–Crippen LogP) is 4.08. The highest BCUT2D eigenvalue weighted by Gasteiger charge is 2.60. The number of imidazole rings is 1. The molecule has 4 fully saturated rings. The molecular formula is C18H20ClN3O. The molecule has 2 N–H and O–H groups in total. The summed E-state index contributed by atoms with van der Waals surface area (Å²) < 4.78 is 0. The van der Waals surface area contributed by atoms with Gasteiger partial charge >= 0.3 is 0 Å². The van der Waals surface area contributed by atoms with Gasteiger partial charge in [0.05, 0.1) is 16.4 Å². The third kappa shape index (κ3) is 2.11. The van der Waals surface area contributed by atoms with E-state index in [1.165, 1.54) is 6.42 Å². The van der Waals surface area contributed by atoms with Crippen LogP contribution in [0.5, 0.6) is 0 Å². The number of nitrogens with one attached hydrogen (secondary N) is 2. The molecular weight excluding hydrogens is 310 g/mol. The van der Waals surface area contributed by atoms with Crippen LogP contribution in [0.1, 0.15) is 38.5 Å². The molecule has 6 rings (SSSR count). The molecule has 0 aliphatic heterocycles. The molecule has 5 heteroatoms. The molecule has 1 amide bonds. The van der Waals surface area contributed by atoms with Crippen molar-refractivity contribution in [1.29, 1.82) is 0 Å². The Bertz CT molecular complexity index is 751. The van der Waals surface area contributed by atoms with E-state index in [-0.39, 0.29) is 16.2 Å². The SMILES string of the molecule is O=C(Nc1nc2ccccc2[nH]1)C12C[C@H]3C[C@@H](CC(Cl)(C3)C1)C2. The minimum absolute atomic E-state index is 0.107. The summed E-state index contributed by atoms with van der Waals surface area (Å²) in [7, 11) is 0. The standard InChI is InChI=1S/C18H20ClN3O/c19-18-8-11-5-12(9-18)7-17(6-11,10-18)15(23)22-16-20-13-3-1-2-4-14(13)21-16/h1-4,11-12H,5-10H2,(H2,20,21,22,23)/t11-,12-,17?,18?/m1/s1. The van der Waals surface area contributed by atoms with Crippen molar-refractivity contribution in [1.82, 2.24) is 9.97 Å². The quantitative estimate of drug-likeness (QED) is 0.816. The molecule has 2 aromatic rings. The summed E-state index contributed by atoms with van der Waals surface area (Å²) in [5, 5.41) is 3.04. The number of para-hydroxylation sites is 2. The smallest absolute Gasteiger partial charge is 0.232 e. The van der Waals surface area contributed by atoms with Crippen LogP contribution in [0.25, 0.3) is 11.0 Å². The van der Waals surface area contributed by atoms with E-state index in [0.29, 0.717) is 17.8 Å². The van der Waals surface area contributed by atoms with Crippen LogP contribution < -0.4 is 5.32 Å². The first-order valence-corrected chi connectivity index (χ1v) is 8.87. The largest absolute Gasteiger partial charge is 0.324 e. The Morgan fingerprint density at radius 3 is 2.65 bits per heavy atom. The Morgan fingerprint density at radius 1 is 1.22 bits per heavy atom. The first-order chi connectivity index (χ1) is 11.0. The topological polar surface area (TPSA) is 57.8 Å². The lowest BCUT2D eigenvalue weighted by molar-refractivity contribution is -0.138. The number of fused-ring (bicyclic) bond motifs is 1.